The summed E-state index contributed by atoms with van der Waals surface area (Å²) in [5.74, 6) is -0.791. The van der Waals surface area contributed by atoms with Gasteiger partial charge in [0.05, 0.1) is 35.8 Å². The largest absolute Gasteiger partial charge is 0.507 e. The van der Waals surface area contributed by atoms with Crippen LogP contribution in [0.3, 0.4) is 0 Å². The van der Waals surface area contributed by atoms with Crippen molar-refractivity contribution >= 4 is 11.6 Å². The van der Waals surface area contributed by atoms with Gasteiger partial charge in [0.1, 0.15) is 5.75 Å². The molecule has 1 atom stereocenters. The molecule has 1 N–H and O–H groups in total. The second kappa shape index (κ2) is 7.19. The van der Waals surface area contributed by atoms with Crippen LogP contribution in [-0.2, 0) is 9.47 Å². The van der Waals surface area contributed by atoms with E-state index in [1.807, 2.05) is 0 Å². The smallest absolute Gasteiger partial charge is 0.273 e. The molecule has 0 aliphatic carbocycles. The molecule has 1 saturated heterocycles. The molecule has 1 unspecified atom stereocenters. The first kappa shape index (κ1) is 16.2. The van der Waals surface area contributed by atoms with E-state index in [1.165, 1.54) is 12.1 Å². The van der Waals surface area contributed by atoms with Crippen molar-refractivity contribution in [2.24, 2.45) is 0 Å². The van der Waals surface area contributed by atoms with Gasteiger partial charge in [-0.25, -0.2) is 0 Å². The molecule has 1 amide bonds. The molecule has 0 aromatic heterocycles. The van der Waals surface area contributed by atoms with Crippen LogP contribution in [-0.4, -0.2) is 60.4 Å². The number of ether oxygens (including phenoxy) is 2. The molecule has 120 valence electrons. The summed E-state index contributed by atoms with van der Waals surface area (Å²) in [4.78, 5) is 24.3. The average Bonchev–Trinajstić information content (AvgIpc) is 2.72. The fraction of sp³-hybridized carbons (Fsp3) is 0.500. The van der Waals surface area contributed by atoms with E-state index in [1.54, 1.807) is 12.0 Å². The molecule has 1 aliphatic heterocycles. The molecule has 0 spiro atoms. The molecule has 1 heterocycles. The van der Waals surface area contributed by atoms with Gasteiger partial charge < -0.3 is 19.5 Å². The van der Waals surface area contributed by atoms with Gasteiger partial charge in [-0.05, 0) is 12.5 Å². The summed E-state index contributed by atoms with van der Waals surface area (Å²) >= 11 is 0. The maximum absolute atomic E-state index is 12.6. The Morgan fingerprint density at radius 1 is 1.55 bits per heavy atom. The Hall–Kier alpha value is -2.19. The van der Waals surface area contributed by atoms with Crippen LogP contribution in [0.1, 0.15) is 16.8 Å². The Bertz CT molecular complexity index is 562. The number of phenolic OH excluding ortho intramolecular Hbond substituents is 1. The number of rotatable bonds is 4. The zero-order valence-corrected chi connectivity index (χ0v) is 12.2. The van der Waals surface area contributed by atoms with Crippen molar-refractivity contribution < 1.29 is 24.3 Å². The summed E-state index contributed by atoms with van der Waals surface area (Å²) < 4.78 is 10.5. The highest BCUT2D eigenvalue weighted by Crippen LogP contribution is 2.26. The van der Waals surface area contributed by atoms with Crippen molar-refractivity contribution in [1.29, 1.82) is 0 Å². The second-order valence-corrected chi connectivity index (χ2v) is 4.97. The number of benzene rings is 1. The van der Waals surface area contributed by atoms with Crippen molar-refractivity contribution in [3.05, 3.63) is 33.9 Å². The number of carbonyl (C=O) groups is 1. The lowest BCUT2D eigenvalue weighted by Crippen LogP contribution is -2.43. The third-order valence-electron chi connectivity index (χ3n) is 3.56. The van der Waals surface area contributed by atoms with Crippen LogP contribution >= 0.6 is 0 Å². The van der Waals surface area contributed by atoms with E-state index < -0.39 is 10.7 Å². The molecule has 22 heavy (non-hydrogen) atoms. The molecule has 8 heteroatoms. The van der Waals surface area contributed by atoms with E-state index in [0.717, 1.165) is 6.07 Å². The number of hydrogen-bond acceptors (Lipinski definition) is 6. The number of nitro groups is 1. The van der Waals surface area contributed by atoms with E-state index in [-0.39, 0.29) is 23.2 Å². The molecular formula is C14H18N2O6. The highest BCUT2D eigenvalue weighted by molar-refractivity contribution is 5.97. The van der Waals surface area contributed by atoms with Crippen molar-refractivity contribution in [1.82, 2.24) is 4.90 Å². The fourth-order valence-electron chi connectivity index (χ4n) is 2.42. The Labute approximate surface area is 127 Å². The Morgan fingerprint density at radius 2 is 2.32 bits per heavy atom. The Morgan fingerprint density at radius 3 is 2.95 bits per heavy atom. The van der Waals surface area contributed by atoms with Gasteiger partial charge in [0.25, 0.3) is 11.6 Å². The normalized spacial score (nSPS) is 18.8. The Kier molecular flexibility index (Phi) is 5.29. The van der Waals surface area contributed by atoms with Gasteiger partial charge in [0.2, 0.25) is 0 Å². The summed E-state index contributed by atoms with van der Waals surface area (Å²) in [5, 5.41) is 20.6. The van der Waals surface area contributed by atoms with Gasteiger partial charge in [0, 0.05) is 26.3 Å². The van der Waals surface area contributed by atoms with Crippen LogP contribution in [0.2, 0.25) is 0 Å². The number of non-ortho nitro benzene ring substituents is 1. The number of aromatic hydroxyl groups is 1. The lowest BCUT2D eigenvalue weighted by Gasteiger charge is -2.29. The molecule has 1 aromatic carbocycles. The van der Waals surface area contributed by atoms with Gasteiger partial charge >= 0.3 is 0 Å². The van der Waals surface area contributed by atoms with Crippen molar-refractivity contribution in [2.75, 3.05) is 33.5 Å². The maximum Gasteiger partial charge on any atom is 0.273 e. The number of nitrogens with zero attached hydrogens (tertiary/aromatic N) is 2. The maximum atomic E-state index is 12.6. The second-order valence-electron chi connectivity index (χ2n) is 4.97. The monoisotopic (exact) mass is 310 g/mol. The SMILES string of the molecule is COCC1CCOCCN1C(=O)c1ccc([N+](=O)[O-])cc1O. The van der Waals surface area contributed by atoms with Crippen LogP contribution in [0.25, 0.3) is 0 Å². The first-order valence-electron chi connectivity index (χ1n) is 6.89. The summed E-state index contributed by atoms with van der Waals surface area (Å²) in [7, 11) is 1.55. The van der Waals surface area contributed by atoms with Crippen molar-refractivity contribution in [2.45, 2.75) is 12.5 Å². The van der Waals surface area contributed by atoms with Crippen LogP contribution in [0, 0.1) is 10.1 Å². The molecule has 0 bridgehead atoms. The lowest BCUT2D eigenvalue weighted by molar-refractivity contribution is -0.384. The van der Waals surface area contributed by atoms with Crippen molar-refractivity contribution in [3.8, 4) is 5.75 Å². The predicted molar refractivity (Wildman–Crippen MR) is 76.9 cm³/mol. The van der Waals surface area contributed by atoms with Gasteiger partial charge in [-0.15, -0.1) is 0 Å². The van der Waals surface area contributed by atoms with E-state index in [4.69, 9.17) is 9.47 Å². The number of amides is 1. The van der Waals surface area contributed by atoms with Gasteiger partial charge in [-0.2, -0.15) is 0 Å². The first-order chi connectivity index (χ1) is 10.5. The molecule has 1 aliphatic rings. The summed E-state index contributed by atoms with van der Waals surface area (Å²) in [5.41, 5.74) is -0.227. The first-order valence-corrected chi connectivity index (χ1v) is 6.89. The molecule has 1 fully saturated rings. The number of carbonyl (C=O) groups excluding carboxylic acids is 1. The molecule has 0 radical (unpaired) electrons. The minimum absolute atomic E-state index is 0.0357. The standard InChI is InChI=1S/C14H18N2O6/c1-21-9-11-4-6-22-7-5-15(11)14(18)12-3-2-10(16(19)20)8-13(12)17/h2-3,8,11,17H,4-7,9H2,1H3. The third-order valence-corrected chi connectivity index (χ3v) is 3.56. The number of nitro benzene ring substituents is 1. The highest BCUT2D eigenvalue weighted by Gasteiger charge is 2.28. The average molecular weight is 310 g/mol. The summed E-state index contributed by atoms with van der Waals surface area (Å²) in [6.45, 7) is 1.68. The zero-order valence-electron chi connectivity index (χ0n) is 12.2. The number of methoxy groups -OCH3 is 1. The fourth-order valence-corrected chi connectivity index (χ4v) is 2.42. The molecule has 2 rings (SSSR count). The molecule has 8 nitrogen and oxygen atoms in total. The predicted octanol–water partition coefficient (Wildman–Crippen LogP) is 1.18. The van der Waals surface area contributed by atoms with Crippen LogP contribution in [0.5, 0.6) is 5.75 Å². The zero-order chi connectivity index (χ0) is 16.1. The topological polar surface area (TPSA) is 102 Å². The minimum Gasteiger partial charge on any atom is -0.507 e. The molecule has 0 saturated carbocycles. The van der Waals surface area contributed by atoms with Crippen LogP contribution in [0.15, 0.2) is 18.2 Å². The van der Waals surface area contributed by atoms with Crippen molar-refractivity contribution in [3.63, 3.8) is 0 Å². The van der Waals surface area contributed by atoms with E-state index in [0.29, 0.717) is 32.8 Å². The van der Waals surface area contributed by atoms with Crippen LogP contribution < -0.4 is 0 Å². The lowest BCUT2D eigenvalue weighted by atomic mass is 10.1. The number of hydrogen-bond donors (Lipinski definition) is 1. The van der Waals surface area contributed by atoms with Gasteiger partial charge in [-0.3, -0.25) is 14.9 Å². The summed E-state index contributed by atoms with van der Waals surface area (Å²) in [6, 6.07) is 3.29. The van der Waals surface area contributed by atoms with E-state index >= 15 is 0 Å². The number of phenols is 1. The van der Waals surface area contributed by atoms with Gasteiger partial charge in [0.15, 0.2) is 0 Å². The minimum atomic E-state index is -0.624. The highest BCUT2D eigenvalue weighted by atomic mass is 16.6. The summed E-state index contributed by atoms with van der Waals surface area (Å²) in [6.07, 6.45) is 0.632. The molecule has 1 aromatic rings. The van der Waals surface area contributed by atoms with Gasteiger partial charge in [-0.1, -0.05) is 0 Å². The van der Waals surface area contributed by atoms with Crippen LogP contribution in [0.4, 0.5) is 5.69 Å². The third kappa shape index (κ3) is 3.52. The van der Waals surface area contributed by atoms with E-state index in [2.05, 4.69) is 0 Å². The quantitative estimate of drug-likeness (QED) is 0.661. The Balaban J connectivity index is 2.26. The van der Waals surface area contributed by atoms with E-state index in [9.17, 15) is 20.0 Å². The molecular weight excluding hydrogens is 292 g/mol.